The summed E-state index contributed by atoms with van der Waals surface area (Å²) in [4.78, 5) is 48.3. The van der Waals surface area contributed by atoms with E-state index in [0.717, 1.165) is 51.9 Å². The molecule has 0 bridgehead atoms. The molecule has 1 atom stereocenters. The quantitative estimate of drug-likeness (QED) is 0.406. The molecule has 3 saturated heterocycles. The van der Waals surface area contributed by atoms with Crippen LogP contribution in [-0.4, -0.2) is 88.3 Å². The van der Waals surface area contributed by atoms with Crippen molar-refractivity contribution < 1.29 is 14.4 Å². The lowest BCUT2D eigenvalue weighted by molar-refractivity contribution is -0.126. The summed E-state index contributed by atoms with van der Waals surface area (Å²) < 4.78 is 0. The van der Waals surface area contributed by atoms with E-state index in [1.807, 2.05) is 30.9 Å². The van der Waals surface area contributed by atoms with Crippen LogP contribution in [0, 0.1) is 5.92 Å². The number of nitrogens with zero attached hydrogens (tertiary/aromatic N) is 4. The maximum Gasteiger partial charge on any atom is 0.321 e. The lowest BCUT2D eigenvalue weighted by Crippen LogP contribution is -2.48. The van der Waals surface area contributed by atoms with Gasteiger partial charge in [0.1, 0.15) is 0 Å². The Morgan fingerprint density at radius 3 is 2.11 bits per heavy atom. The number of rotatable bonds is 8. The number of carbonyl (C=O) groups excluding carboxylic acids is 3. The lowest BCUT2D eigenvalue weighted by atomic mass is 9.94. The van der Waals surface area contributed by atoms with E-state index < -0.39 is 0 Å². The van der Waals surface area contributed by atoms with Gasteiger partial charge in [-0.3, -0.25) is 14.5 Å². The number of amides is 4. The zero-order valence-electron chi connectivity index (χ0n) is 27.2. The largest absolute Gasteiger partial charge is 0.354 e. The molecule has 2 aromatic carbocycles. The topological polar surface area (TPSA) is 76.2 Å². The summed E-state index contributed by atoms with van der Waals surface area (Å²) in [6, 6.07) is 19.9. The molecule has 6 rings (SSSR count). The number of piperidine rings is 2. The van der Waals surface area contributed by atoms with Crippen LogP contribution in [0.3, 0.4) is 0 Å². The molecule has 1 N–H and O–H groups in total. The van der Waals surface area contributed by atoms with Gasteiger partial charge < -0.3 is 20.0 Å². The molecular weight excluding hydrogens is 562 g/mol. The Hall–Kier alpha value is -3.39. The maximum atomic E-state index is 13.9. The highest BCUT2D eigenvalue weighted by molar-refractivity contribution is 5.94. The summed E-state index contributed by atoms with van der Waals surface area (Å²) in [5, 5.41) is 3.00. The van der Waals surface area contributed by atoms with Crippen molar-refractivity contribution in [1.82, 2.24) is 24.9 Å². The van der Waals surface area contributed by atoms with Gasteiger partial charge in [-0.2, -0.15) is 0 Å². The van der Waals surface area contributed by atoms with Gasteiger partial charge in [0.15, 0.2) is 0 Å². The van der Waals surface area contributed by atoms with Crippen molar-refractivity contribution in [1.29, 1.82) is 0 Å². The number of carbonyl (C=O) groups is 3. The SMILES string of the molecule is CC(C)NC(=O)C1CCN(C(=O)c2ccc(CN3CCC(N4C(=O)N(C5CCCCC5)CC4c4ccccc4)CC3)cc2)CC1. The molecule has 8 heteroatoms. The first kappa shape index (κ1) is 31.6. The minimum absolute atomic E-state index is 0.00777. The summed E-state index contributed by atoms with van der Waals surface area (Å²) in [6.45, 7) is 8.77. The third-order valence-electron chi connectivity index (χ3n) is 10.5. The van der Waals surface area contributed by atoms with Crippen LogP contribution in [0.4, 0.5) is 4.79 Å². The van der Waals surface area contributed by atoms with E-state index in [9.17, 15) is 14.4 Å². The minimum Gasteiger partial charge on any atom is -0.354 e. The Bertz CT molecular complexity index is 1290. The molecule has 4 fully saturated rings. The van der Waals surface area contributed by atoms with E-state index in [1.54, 1.807) is 0 Å². The molecule has 0 aromatic heterocycles. The van der Waals surface area contributed by atoms with Gasteiger partial charge in [0.2, 0.25) is 5.91 Å². The summed E-state index contributed by atoms with van der Waals surface area (Å²) in [7, 11) is 0. The molecule has 242 valence electrons. The fraction of sp³-hybridized carbons (Fsp3) is 0.595. The van der Waals surface area contributed by atoms with Gasteiger partial charge in [-0.25, -0.2) is 4.79 Å². The first-order valence-electron chi connectivity index (χ1n) is 17.4. The molecule has 1 unspecified atom stereocenters. The molecular formula is C37H51N5O3. The normalized spacial score (nSPS) is 22.8. The first-order chi connectivity index (χ1) is 21.9. The van der Waals surface area contributed by atoms with E-state index in [2.05, 4.69) is 62.5 Å². The standard InChI is InChI=1S/C37H51N5O3/c1-27(2)38-35(43)30-17-23-40(24-18-30)36(44)31-15-13-28(14-16-31)25-39-21-19-33(20-22-39)42-34(29-9-5-3-6-10-29)26-41(37(42)45)32-11-7-4-8-12-32/h3,5-6,9-10,13-16,27,30,32-34H,4,7-8,11-12,17-26H2,1-2H3,(H,38,43). The molecule has 8 nitrogen and oxygen atoms in total. The molecule has 4 aliphatic rings. The second-order valence-electron chi connectivity index (χ2n) is 14.0. The second kappa shape index (κ2) is 14.4. The fourth-order valence-corrected chi connectivity index (χ4v) is 7.98. The average Bonchev–Trinajstić information content (AvgIpc) is 3.42. The molecule has 3 aliphatic heterocycles. The van der Waals surface area contributed by atoms with Gasteiger partial charge in [-0.15, -0.1) is 0 Å². The summed E-state index contributed by atoms with van der Waals surface area (Å²) >= 11 is 0. The van der Waals surface area contributed by atoms with Crippen molar-refractivity contribution in [3.63, 3.8) is 0 Å². The van der Waals surface area contributed by atoms with Crippen molar-refractivity contribution in [2.75, 3.05) is 32.7 Å². The van der Waals surface area contributed by atoms with E-state index in [0.29, 0.717) is 37.5 Å². The highest BCUT2D eigenvalue weighted by Gasteiger charge is 2.45. The van der Waals surface area contributed by atoms with Gasteiger partial charge in [-0.1, -0.05) is 61.7 Å². The third kappa shape index (κ3) is 7.37. The van der Waals surface area contributed by atoms with Crippen LogP contribution in [-0.2, 0) is 11.3 Å². The Labute approximate surface area is 269 Å². The predicted molar refractivity (Wildman–Crippen MR) is 177 cm³/mol. The van der Waals surface area contributed by atoms with Crippen LogP contribution >= 0.6 is 0 Å². The van der Waals surface area contributed by atoms with Crippen molar-refractivity contribution in [2.24, 2.45) is 5.92 Å². The summed E-state index contributed by atoms with van der Waals surface area (Å²) in [5.41, 5.74) is 3.17. The zero-order chi connectivity index (χ0) is 31.3. The Morgan fingerprint density at radius 1 is 0.800 bits per heavy atom. The summed E-state index contributed by atoms with van der Waals surface area (Å²) in [6.07, 6.45) is 9.42. The van der Waals surface area contributed by atoms with Crippen LogP contribution in [0.25, 0.3) is 0 Å². The maximum absolute atomic E-state index is 13.9. The van der Waals surface area contributed by atoms with Crippen molar-refractivity contribution in [2.45, 2.75) is 102 Å². The molecule has 1 saturated carbocycles. The van der Waals surface area contributed by atoms with E-state index in [1.165, 1.54) is 30.4 Å². The van der Waals surface area contributed by atoms with Crippen LogP contribution in [0.1, 0.15) is 99.2 Å². The third-order valence-corrected chi connectivity index (χ3v) is 10.5. The van der Waals surface area contributed by atoms with E-state index in [4.69, 9.17) is 0 Å². The molecule has 2 aromatic rings. The van der Waals surface area contributed by atoms with Crippen molar-refractivity contribution in [3.8, 4) is 0 Å². The van der Waals surface area contributed by atoms with Crippen LogP contribution in [0.15, 0.2) is 54.6 Å². The van der Waals surface area contributed by atoms with Gasteiger partial charge in [0.25, 0.3) is 5.91 Å². The number of hydrogen-bond donors (Lipinski definition) is 1. The highest BCUT2D eigenvalue weighted by atomic mass is 16.2. The lowest BCUT2D eigenvalue weighted by Gasteiger charge is -2.39. The molecule has 0 radical (unpaired) electrons. The van der Waals surface area contributed by atoms with E-state index >= 15 is 0 Å². The zero-order valence-corrected chi connectivity index (χ0v) is 27.2. The number of urea groups is 1. The van der Waals surface area contributed by atoms with Crippen LogP contribution < -0.4 is 5.32 Å². The van der Waals surface area contributed by atoms with Gasteiger partial charge in [0.05, 0.1) is 6.04 Å². The van der Waals surface area contributed by atoms with Crippen LogP contribution in [0.2, 0.25) is 0 Å². The Balaban J connectivity index is 1.02. The van der Waals surface area contributed by atoms with Gasteiger partial charge in [-0.05, 0) is 75.6 Å². The fourth-order valence-electron chi connectivity index (χ4n) is 7.98. The average molecular weight is 614 g/mol. The molecule has 45 heavy (non-hydrogen) atoms. The molecule has 3 heterocycles. The second-order valence-corrected chi connectivity index (χ2v) is 14.0. The number of nitrogens with one attached hydrogen (secondary N) is 1. The van der Waals surface area contributed by atoms with Crippen molar-refractivity contribution >= 4 is 17.8 Å². The molecule has 0 spiro atoms. The monoisotopic (exact) mass is 613 g/mol. The highest BCUT2D eigenvalue weighted by Crippen LogP contribution is 2.38. The summed E-state index contributed by atoms with van der Waals surface area (Å²) in [5.74, 6) is 0.150. The molecule has 1 aliphatic carbocycles. The van der Waals surface area contributed by atoms with Crippen LogP contribution in [0.5, 0.6) is 0 Å². The Morgan fingerprint density at radius 2 is 1.47 bits per heavy atom. The molecule has 4 amide bonds. The predicted octanol–water partition coefficient (Wildman–Crippen LogP) is 5.84. The minimum atomic E-state index is -0.00777. The van der Waals surface area contributed by atoms with Crippen molar-refractivity contribution in [3.05, 3.63) is 71.3 Å². The first-order valence-corrected chi connectivity index (χ1v) is 17.4. The number of likely N-dealkylation sites (tertiary alicyclic amines) is 2. The number of hydrogen-bond acceptors (Lipinski definition) is 4. The Kier molecular flexibility index (Phi) is 10.1. The smallest absolute Gasteiger partial charge is 0.321 e. The number of benzene rings is 2. The van der Waals surface area contributed by atoms with E-state index in [-0.39, 0.29) is 41.9 Å². The van der Waals surface area contributed by atoms with Gasteiger partial charge in [0, 0.05) is 68.9 Å². The van der Waals surface area contributed by atoms with Gasteiger partial charge >= 0.3 is 6.03 Å².